The number of nitrogens with zero attached hydrogens (tertiary/aromatic N) is 2. The van der Waals surface area contributed by atoms with Crippen molar-refractivity contribution in [3.63, 3.8) is 0 Å². The van der Waals surface area contributed by atoms with Gasteiger partial charge in [0.25, 0.3) is 0 Å². The molecule has 1 aromatic heterocycles. The van der Waals surface area contributed by atoms with Crippen molar-refractivity contribution in [2.45, 2.75) is 56.3 Å². The van der Waals surface area contributed by atoms with Gasteiger partial charge in [-0.3, -0.25) is 4.79 Å². The summed E-state index contributed by atoms with van der Waals surface area (Å²) in [5, 5.41) is 13.2. The molecule has 194 valence electrons. The van der Waals surface area contributed by atoms with Gasteiger partial charge in [-0.1, -0.05) is 30.3 Å². The number of methoxy groups -OCH3 is 1. The van der Waals surface area contributed by atoms with Crippen LogP contribution in [-0.4, -0.2) is 53.4 Å². The lowest BCUT2D eigenvalue weighted by molar-refractivity contribution is -0.199. The summed E-state index contributed by atoms with van der Waals surface area (Å²) in [4.78, 5) is 21.6. The zero-order valence-corrected chi connectivity index (χ0v) is 21.5. The normalized spacial score (nSPS) is 20.6. The Hall–Kier alpha value is -2.39. The number of ether oxygens (including phenoxy) is 2. The van der Waals surface area contributed by atoms with Crippen molar-refractivity contribution in [1.82, 2.24) is 9.97 Å². The van der Waals surface area contributed by atoms with E-state index in [0.29, 0.717) is 31.0 Å². The fourth-order valence-electron chi connectivity index (χ4n) is 4.96. The third-order valence-electron chi connectivity index (χ3n) is 7.37. The third kappa shape index (κ3) is 5.32. The van der Waals surface area contributed by atoms with Crippen molar-refractivity contribution in [2.24, 2.45) is 5.92 Å². The topological polar surface area (TPSA) is 93.6 Å². The number of rotatable bonds is 12. The van der Waals surface area contributed by atoms with Gasteiger partial charge in [0.2, 0.25) is 5.28 Å². The van der Waals surface area contributed by atoms with E-state index in [4.69, 9.17) is 21.1 Å². The van der Waals surface area contributed by atoms with Crippen molar-refractivity contribution in [3.05, 3.63) is 64.6 Å². The zero-order valence-electron chi connectivity index (χ0n) is 20.7. The molecule has 2 unspecified atom stereocenters. The third-order valence-corrected chi connectivity index (χ3v) is 7.53. The first-order valence-electron chi connectivity index (χ1n) is 12.2. The number of Topliss-reactive ketones (excluding diaryl/α,β-unsaturated/α-hetero) is 1. The summed E-state index contributed by atoms with van der Waals surface area (Å²) in [5.41, 5.74) is 0.466. The van der Waals surface area contributed by atoms with E-state index in [1.807, 2.05) is 13.0 Å². The minimum Gasteiger partial charge on any atom is -0.393 e. The molecule has 0 amide bonds. The number of hydrogen-bond acceptors (Lipinski definition) is 7. The molecule has 1 saturated heterocycles. The molecule has 2 heterocycles. The Morgan fingerprint density at radius 3 is 2.86 bits per heavy atom. The maximum absolute atomic E-state index is 15.2. The second-order valence-corrected chi connectivity index (χ2v) is 10.1. The number of halogens is 2. The van der Waals surface area contributed by atoms with Crippen LogP contribution >= 0.6 is 11.6 Å². The van der Waals surface area contributed by atoms with Crippen molar-refractivity contribution in [3.8, 4) is 0 Å². The Labute approximate surface area is 216 Å². The van der Waals surface area contributed by atoms with Crippen LogP contribution in [0.3, 0.4) is 0 Å². The molecule has 0 saturated carbocycles. The van der Waals surface area contributed by atoms with Gasteiger partial charge >= 0.3 is 0 Å². The van der Waals surface area contributed by atoms with E-state index in [1.165, 1.54) is 6.08 Å². The van der Waals surface area contributed by atoms with Crippen LogP contribution in [0.2, 0.25) is 5.28 Å². The molecule has 2 aliphatic rings. The first-order valence-corrected chi connectivity index (χ1v) is 12.6. The van der Waals surface area contributed by atoms with Gasteiger partial charge in [0, 0.05) is 31.6 Å². The second kappa shape index (κ2) is 10.9. The van der Waals surface area contributed by atoms with Crippen molar-refractivity contribution in [1.29, 1.82) is 0 Å². The molecule has 2 N–H and O–H groups in total. The molecule has 1 aromatic carbocycles. The highest BCUT2D eigenvalue weighted by atomic mass is 35.5. The van der Waals surface area contributed by atoms with Crippen molar-refractivity contribution < 1.29 is 23.8 Å². The lowest BCUT2D eigenvalue weighted by Gasteiger charge is -2.38. The minimum atomic E-state index is -1.88. The van der Waals surface area contributed by atoms with Gasteiger partial charge in [-0.15, -0.1) is 6.58 Å². The standard InChI is InChI=1S/C27H33ClFN3O4/c1-4-10-26(29,14-33)20-7-5-6-19(13-20)17(2)30-24-21-11-18(12-22(21)31-25(28)32-24)8-9-23(34)27(35-3)15-36-16-27/h4-7,13,17-18,33H,1,8-12,14-16H2,2-3H3,(H,30,31,32)/t17-,18?,26?/m1/s1. The number of carbonyl (C=O) groups excluding carboxylic acids is 1. The molecule has 0 spiro atoms. The molecule has 4 rings (SSSR count). The maximum atomic E-state index is 15.2. The molecule has 0 radical (unpaired) electrons. The van der Waals surface area contributed by atoms with Gasteiger partial charge in [0.1, 0.15) is 5.82 Å². The number of allylic oxidation sites excluding steroid dienone is 1. The largest absolute Gasteiger partial charge is 0.393 e. The van der Waals surface area contributed by atoms with Crippen LogP contribution in [0.25, 0.3) is 0 Å². The number of benzene rings is 1. The molecular weight excluding hydrogens is 485 g/mol. The lowest BCUT2D eigenvalue weighted by Crippen LogP contribution is -2.57. The lowest BCUT2D eigenvalue weighted by atomic mass is 9.89. The zero-order chi connectivity index (χ0) is 25.9. The van der Waals surface area contributed by atoms with Gasteiger partial charge in [0.05, 0.1) is 25.5 Å². The summed E-state index contributed by atoms with van der Waals surface area (Å²) in [6, 6.07) is 6.91. The van der Waals surface area contributed by atoms with Gasteiger partial charge in [-0.2, -0.15) is 0 Å². The number of ketones is 1. The molecule has 1 aliphatic heterocycles. The summed E-state index contributed by atoms with van der Waals surface area (Å²) in [6.07, 6.45) is 4.09. The first-order chi connectivity index (χ1) is 17.2. The highest BCUT2D eigenvalue weighted by Crippen LogP contribution is 2.37. The smallest absolute Gasteiger partial charge is 0.224 e. The minimum absolute atomic E-state index is 0.0200. The Morgan fingerprint density at radius 2 is 2.22 bits per heavy atom. The SMILES string of the molecule is C=CCC(F)(CO)c1cccc([C@@H](C)Nc2nc(Cl)nc3c2CC(CCC(=O)C2(OC)COC2)C3)c1. The van der Waals surface area contributed by atoms with Crippen LogP contribution in [-0.2, 0) is 32.8 Å². The van der Waals surface area contributed by atoms with Crippen LogP contribution in [0.1, 0.15) is 54.6 Å². The fraction of sp³-hybridized carbons (Fsp3) is 0.519. The molecule has 2 aromatic rings. The van der Waals surface area contributed by atoms with Crippen LogP contribution in [0.4, 0.5) is 10.2 Å². The number of anilines is 1. The van der Waals surface area contributed by atoms with Crippen LogP contribution < -0.4 is 5.32 Å². The Balaban J connectivity index is 1.46. The number of carbonyl (C=O) groups is 1. The van der Waals surface area contributed by atoms with Crippen molar-refractivity contribution in [2.75, 3.05) is 32.2 Å². The van der Waals surface area contributed by atoms with E-state index in [-0.39, 0.29) is 29.4 Å². The molecule has 1 fully saturated rings. The number of fused-ring (bicyclic) bond motifs is 1. The summed E-state index contributed by atoms with van der Waals surface area (Å²) in [7, 11) is 1.55. The summed E-state index contributed by atoms with van der Waals surface area (Å²) in [5.74, 6) is 0.977. The highest BCUT2D eigenvalue weighted by Gasteiger charge is 2.45. The molecule has 1 aliphatic carbocycles. The molecule has 7 nitrogen and oxygen atoms in total. The average molecular weight is 518 g/mol. The first kappa shape index (κ1) is 26.7. The Bertz CT molecular complexity index is 1120. The number of hydrogen-bond donors (Lipinski definition) is 2. The van der Waals surface area contributed by atoms with Gasteiger partial charge in [-0.25, -0.2) is 14.4 Å². The number of alkyl halides is 1. The highest BCUT2D eigenvalue weighted by molar-refractivity contribution is 6.28. The van der Waals surface area contributed by atoms with Gasteiger partial charge in [-0.05, 0) is 54.8 Å². The summed E-state index contributed by atoms with van der Waals surface area (Å²) in [6.45, 7) is 5.58. The monoisotopic (exact) mass is 517 g/mol. The molecular formula is C27H33ClFN3O4. The number of aromatic nitrogens is 2. The van der Waals surface area contributed by atoms with Gasteiger partial charge in [0.15, 0.2) is 17.1 Å². The maximum Gasteiger partial charge on any atom is 0.224 e. The van der Waals surface area contributed by atoms with E-state index < -0.39 is 17.9 Å². The van der Waals surface area contributed by atoms with Crippen LogP contribution in [0.15, 0.2) is 36.9 Å². The number of aliphatic hydroxyl groups excluding tert-OH is 1. The predicted octanol–water partition coefficient (Wildman–Crippen LogP) is 4.52. The summed E-state index contributed by atoms with van der Waals surface area (Å²) < 4.78 is 25.8. The van der Waals surface area contributed by atoms with E-state index >= 15 is 4.39 Å². The van der Waals surface area contributed by atoms with E-state index in [9.17, 15) is 9.90 Å². The van der Waals surface area contributed by atoms with Crippen LogP contribution in [0.5, 0.6) is 0 Å². The van der Waals surface area contributed by atoms with E-state index in [2.05, 4.69) is 21.9 Å². The van der Waals surface area contributed by atoms with Gasteiger partial charge < -0.3 is 19.9 Å². The molecule has 0 bridgehead atoms. The molecule has 3 atom stereocenters. The quantitative estimate of drug-likeness (QED) is 0.316. The molecule has 36 heavy (non-hydrogen) atoms. The van der Waals surface area contributed by atoms with Crippen molar-refractivity contribution >= 4 is 23.2 Å². The fourth-order valence-corrected chi connectivity index (χ4v) is 5.15. The Kier molecular flexibility index (Phi) is 8.09. The molecule has 9 heteroatoms. The summed E-state index contributed by atoms with van der Waals surface area (Å²) >= 11 is 6.24. The predicted molar refractivity (Wildman–Crippen MR) is 136 cm³/mol. The van der Waals surface area contributed by atoms with E-state index in [1.54, 1.807) is 25.3 Å². The second-order valence-electron chi connectivity index (χ2n) is 9.80. The number of aliphatic hydroxyl groups is 1. The average Bonchev–Trinajstić information content (AvgIpc) is 3.25. The number of nitrogens with one attached hydrogen (secondary N) is 1. The van der Waals surface area contributed by atoms with E-state index in [0.717, 1.165) is 36.1 Å². The van der Waals surface area contributed by atoms with Crippen LogP contribution in [0, 0.1) is 5.92 Å². The Morgan fingerprint density at radius 1 is 1.44 bits per heavy atom.